The van der Waals surface area contributed by atoms with Gasteiger partial charge in [0, 0.05) is 5.92 Å². The fourth-order valence-corrected chi connectivity index (χ4v) is 5.04. The van der Waals surface area contributed by atoms with Crippen LogP contribution in [0.2, 0.25) is 0 Å². The first kappa shape index (κ1) is 17.2. The molecule has 0 nitrogen and oxygen atoms in total. The van der Waals surface area contributed by atoms with Crippen molar-refractivity contribution >= 4 is 27.1 Å². The monoisotopic (exact) mass is 382 g/mol. The molecule has 0 saturated carbocycles. The molecule has 0 aromatic heterocycles. The molecule has 6 rings (SSSR count). The smallest absolute Gasteiger partial charge is 0.00617 e. The van der Waals surface area contributed by atoms with Crippen LogP contribution in [0.3, 0.4) is 0 Å². The van der Waals surface area contributed by atoms with E-state index in [-0.39, 0.29) is 0 Å². The molecule has 0 amide bonds. The van der Waals surface area contributed by atoms with E-state index in [1.165, 1.54) is 49.4 Å². The zero-order valence-corrected chi connectivity index (χ0v) is 16.8. The highest BCUT2D eigenvalue weighted by atomic mass is 14.3. The molecule has 1 unspecified atom stereocenters. The predicted molar refractivity (Wildman–Crippen MR) is 129 cm³/mol. The molecular weight excluding hydrogens is 360 g/mol. The van der Waals surface area contributed by atoms with E-state index in [0.29, 0.717) is 5.92 Å². The summed E-state index contributed by atoms with van der Waals surface area (Å²) in [7, 11) is 0. The first-order valence-electron chi connectivity index (χ1n) is 10.6. The summed E-state index contributed by atoms with van der Waals surface area (Å²) >= 11 is 0. The SMILES string of the molecule is C1=CC2=CC=C(c3c4ccccc4c(-c4ccccc4)c4ccccc34)CC2C=C1. The van der Waals surface area contributed by atoms with Crippen LogP contribution in [0.25, 0.3) is 38.2 Å². The van der Waals surface area contributed by atoms with Crippen molar-refractivity contribution in [2.24, 2.45) is 5.92 Å². The summed E-state index contributed by atoms with van der Waals surface area (Å²) in [5, 5.41) is 5.33. The van der Waals surface area contributed by atoms with E-state index in [0.717, 1.165) is 6.42 Å². The average Bonchev–Trinajstić information content (AvgIpc) is 2.82. The lowest BCUT2D eigenvalue weighted by molar-refractivity contribution is 0.794. The molecule has 0 radical (unpaired) electrons. The minimum atomic E-state index is 0.473. The molecule has 0 heterocycles. The third-order valence-corrected chi connectivity index (χ3v) is 6.40. The van der Waals surface area contributed by atoms with Crippen molar-refractivity contribution in [3.05, 3.63) is 126 Å². The maximum Gasteiger partial charge on any atom is 0.00617 e. The summed E-state index contributed by atoms with van der Waals surface area (Å²) in [6.45, 7) is 0. The van der Waals surface area contributed by atoms with Crippen molar-refractivity contribution in [1.82, 2.24) is 0 Å². The maximum absolute atomic E-state index is 2.34. The Morgan fingerprint density at radius 3 is 1.83 bits per heavy atom. The fourth-order valence-electron chi connectivity index (χ4n) is 5.04. The van der Waals surface area contributed by atoms with E-state index < -0.39 is 0 Å². The van der Waals surface area contributed by atoms with Gasteiger partial charge in [-0.25, -0.2) is 0 Å². The van der Waals surface area contributed by atoms with Crippen LogP contribution >= 0.6 is 0 Å². The maximum atomic E-state index is 2.34. The first-order valence-corrected chi connectivity index (χ1v) is 10.6. The molecule has 0 heteroatoms. The molecule has 0 aliphatic heterocycles. The van der Waals surface area contributed by atoms with Gasteiger partial charge >= 0.3 is 0 Å². The van der Waals surface area contributed by atoms with Gasteiger partial charge in [0.05, 0.1) is 0 Å². The van der Waals surface area contributed by atoms with E-state index in [1.807, 2.05) is 0 Å². The minimum absolute atomic E-state index is 0.473. The van der Waals surface area contributed by atoms with Gasteiger partial charge in [0.1, 0.15) is 0 Å². The number of hydrogen-bond acceptors (Lipinski definition) is 0. The van der Waals surface area contributed by atoms with Gasteiger partial charge in [-0.2, -0.15) is 0 Å². The molecule has 0 spiro atoms. The van der Waals surface area contributed by atoms with Crippen LogP contribution in [0.5, 0.6) is 0 Å². The molecule has 0 saturated heterocycles. The normalized spacial score (nSPS) is 17.7. The van der Waals surface area contributed by atoms with Gasteiger partial charge in [0.15, 0.2) is 0 Å². The third kappa shape index (κ3) is 2.69. The molecule has 4 aromatic rings. The Kier molecular flexibility index (Phi) is 4.02. The van der Waals surface area contributed by atoms with Gasteiger partial charge in [-0.1, -0.05) is 115 Å². The molecule has 0 bridgehead atoms. The lowest BCUT2D eigenvalue weighted by atomic mass is 9.79. The Labute approximate surface area is 177 Å². The highest BCUT2D eigenvalue weighted by molar-refractivity contribution is 6.18. The topological polar surface area (TPSA) is 0 Å². The Bertz CT molecular complexity index is 1340. The number of rotatable bonds is 2. The highest BCUT2D eigenvalue weighted by Crippen LogP contribution is 2.44. The molecule has 2 aliphatic rings. The molecular formula is C30H22. The van der Waals surface area contributed by atoms with Crippen LogP contribution in [0.1, 0.15) is 12.0 Å². The number of fused-ring (bicyclic) bond motifs is 3. The molecule has 2 aliphatic carbocycles. The van der Waals surface area contributed by atoms with Gasteiger partial charge in [0.2, 0.25) is 0 Å². The van der Waals surface area contributed by atoms with Gasteiger partial charge in [-0.05, 0) is 55.8 Å². The fraction of sp³-hybridized carbons (Fsp3) is 0.0667. The third-order valence-electron chi connectivity index (χ3n) is 6.40. The summed E-state index contributed by atoms with van der Waals surface area (Å²) in [5.41, 5.74) is 6.83. The summed E-state index contributed by atoms with van der Waals surface area (Å²) in [6.07, 6.45) is 14.6. The second-order valence-corrected chi connectivity index (χ2v) is 8.12. The molecule has 4 aromatic carbocycles. The zero-order chi connectivity index (χ0) is 19.9. The average molecular weight is 383 g/mol. The Morgan fingerprint density at radius 1 is 0.567 bits per heavy atom. The predicted octanol–water partition coefficient (Wildman–Crippen LogP) is 8.12. The Hall–Kier alpha value is -3.64. The molecule has 1 atom stereocenters. The van der Waals surface area contributed by atoms with E-state index in [9.17, 15) is 0 Å². The van der Waals surface area contributed by atoms with Gasteiger partial charge in [0.25, 0.3) is 0 Å². The molecule has 0 N–H and O–H groups in total. The molecule has 30 heavy (non-hydrogen) atoms. The van der Waals surface area contributed by atoms with E-state index >= 15 is 0 Å². The summed E-state index contributed by atoms with van der Waals surface area (Å²) in [6, 6.07) is 28.6. The molecule has 142 valence electrons. The van der Waals surface area contributed by atoms with Crippen LogP contribution in [0.15, 0.2) is 121 Å². The number of benzene rings is 4. The second kappa shape index (κ2) is 7.00. The standard InChI is InChI=1S/C30H22/c1-2-11-22(12-3-1)29-25-14-6-8-16-27(25)30(28-17-9-7-15-26(28)29)24-19-18-21-10-4-5-13-23(21)20-24/h1-19,23H,20H2. The van der Waals surface area contributed by atoms with Crippen molar-refractivity contribution in [2.45, 2.75) is 6.42 Å². The summed E-state index contributed by atoms with van der Waals surface area (Å²) < 4.78 is 0. The van der Waals surface area contributed by atoms with Gasteiger partial charge in [-0.15, -0.1) is 0 Å². The van der Waals surface area contributed by atoms with Crippen molar-refractivity contribution in [3.8, 4) is 11.1 Å². The second-order valence-electron chi connectivity index (χ2n) is 8.12. The Balaban J connectivity index is 1.70. The molecule has 0 fully saturated rings. The van der Waals surface area contributed by atoms with Crippen molar-refractivity contribution in [1.29, 1.82) is 0 Å². The van der Waals surface area contributed by atoms with Crippen molar-refractivity contribution in [2.75, 3.05) is 0 Å². The number of allylic oxidation sites excluding steroid dienone is 8. The summed E-state index contributed by atoms with van der Waals surface area (Å²) in [5.74, 6) is 0.473. The summed E-state index contributed by atoms with van der Waals surface area (Å²) in [4.78, 5) is 0. The van der Waals surface area contributed by atoms with Gasteiger partial charge < -0.3 is 0 Å². The van der Waals surface area contributed by atoms with E-state index in [4.69, 9.17) is 0 Å². The number of hydrogen-bond donors (Lipinski definition) is 0. The zero-order valence-electron chi connectivity index (χ0n) is 16.8. The van der Waals surface area contributed by atoms with Gasteiger partial charge in [-0.3, -0.25) is 0 Å². The van der Waals surface area contributed by atoms with Crippen molar-refractivity contribution in [3.63, 3.8) is 0 Å². The lowest BCUT2D eigenvalue weighted by Crippen LogP contribution is -2.07. The van der Waals surface area contributed by atoms with Crippen molar-refractivity contribution < 1.29 is 0 Å². The quantitative estimate of drug-likeness (QED) is 0.307. The van der Waals surface area contributed by atoms with Crippen LogP contribution in [0.4, 0.5) is 0 Å². The van der Waals surface area contributed by atoms with Crippen LogP contribution < -0.4 is 0 Å². The highest BCUT2D eigenvalue weighted by Gasteiger charge is 2.22. The van der Waals surface area contributed by atoms with E-state index in [1.54, 1.807) is 0 Å². The lowest BCUT2D eigenvalue weighted by Gasteiger charge is -2.25. The van der Waals surface area contributed by atoms with Crippen LogP contribution in [0, 0.1) is 5.92 Å². The van der Waals surface area contributed by atoms with Crippen LogP contribution in [-0.2, 0) is 0 Å². The largest absolute Gasteiger partial charge is 0.0767 e. The van der Waals surface area contributed by atoms with Crippen LogP contribution in [-0.4, -0.2) is 0 Å². The first-order chi connectivity index (χ1) is 14.9. The minimum Gasteiger partial charge on any atom is -0.0767 e. The Morgan fingerprint density at radius 2 is 1.17 bits per heavy atom. The van der Waals surface area contributed by atoms with E-state index in [2.05, 4.69) is 115 Å².